The molecule has 2 aromatic carbocycles. The minimum absolute atomic E-state index is 0.0108. The fraction of sp³-hybridized carbons (Fsp3) is 0.500. The summed E-state index contributed by atoms with van der Waals surface area (Å²) >= 11 is 0. The molecular weight excluding hydrogens is 699 g/mol. The molecule has 2 aromatic heterocycles. The molecule has 4 aliphatic rings. The molecule has 13 nitrogen and oxygen atoms in total. The topological polar surface area (TPSA) is 155 Å². The Kier molecular flexibility index (Phi) is 9.91. The average molecular weight is 750 g/mol. The molecule has 55 heavy (non-hydrogen) atoms. The summed E-state index contributed by atoms with van der Waals surface area (Å²) in [6.07, 6.45) is 7.74. The summed E-state index contributed by atoms with van der Waals surface area (Å²) in [7, 11) is 1.32. The van der Waals surface area contributed by atoms with Gasteiger partial charge in [0.2, 0.25) is 5.91 Å². The van der Waals surface area contributed by atoms with E-state index in [0.29, 0.717) is 32.0 Å². The first-order chi connectivity index (χ1) is 26.5. The Balaban J connectivity index is 0.936. The van der Waals surface area contributed by atoms with Crippen LogP contribution in [0, 0.1) is 11.8 Å². The standard InChI is InChI=1S/C42H51N7O6/c1-24-6-15-33(48(24)41(52)55-42(2,3)4)37-43-22-31(45-37)27-11-7-25(8-12-27)26-9-13-28(14-10-26)32-23-44-38(46-32)35-21-30-20-34(30)49(35)39(50)36(47-40(51)53-5)29-16-18-54-19-17-29/h7-14,22-24,29-30,33-36H,6,15-21H2,1-5H3,(H,43,45)(H,44,46)(H,47,51)/t24-,30-,33+,34-,35+,36+/m1/s1. The van der Waals surface area contributed by atoms with Crippen molar-refractivity contribution in [1.29, 1.82) is 0 Å². The second-order valence-electron chi connectivity index (χ2n) is 16.5. The summed E-state index contributed by atoms with van der Waals surface area (Å²) in [5.41, 5.74) is 5.39. The van der Waals surface area contributed by atoms with E-state index in [1.807, 2.05) is 43.0 Å². The number of nitrogens with zero attached hydrogens (tertiary/aromatic N) is 4. The van der Waals surface area contributed by atoms with Crippen molar-refractivity contribution in [1.82, 2.24) is 35.1 Å². The Hall–Kier alpha value is -5.17. The zero-order chi connectivity index (χ0) is 38.4. The van der Waals surface area contributed by atoms with E-state index in [4.69, 9.17) is 19.2 Å². The number of aromatic amines is 2. The largest absolute Gasteiger partial charge is 0.453 e. The molecule has 3 amide bonds. The van der Waals surface area contributed by atoms with Crippen molar-refractivity contribution < 1.29 is 28.6 Å². The molecule has 0 spiro atoms. The van der Waals surface area contributed by atoms with E-state index in [0.717, 1.165) is 71.0 Å². The van der Waals surface area contributed by atoms with E-state index in [-0.39, 0.29) is 42.1 Å². The summed E-state index contributed by atoms with van der Waals surface area (Å²) in [5.74, 6) is 1.90. The molecule has 0 unspecified atom stereocenters. The Morgan fingerprint density at radius 2 is 1.36 bits per heavy atom. The highest BCUT2D eigenvalue weighted by molar-refractivity contribution is 5.87. The number of benzene rings is 2. The minimum atomic E-state index is -0.663. The number of ether oxygens (including phenoxy) is 3. The van der Waals surface area contributed by atoms with E-state index in [1.165, 1.54) is 7.11 Å². The van der Waals surface area contributed by atoms with Gasteiger partial charge in [-0.25, -0.2) is 19.6 Å². The second kappa shape index (κ2) is 14.8. The van der Waals surface area contributed by atoms with Crippen LogP contribution in [0.3, 0.4) is 0 Å². The fourth-order valence-corrected chi connectivity index (χ4v) is 8.66. The number of carbonyl (C=O) groups is 3. The van der Waals surface area contributed by atoms with Crippen molar-refractivity contribution in [3.8, 4) is 33.6 Å². The lowest BCUT2D eigenvalue weighted by molar-refractivity contribution is -0.138. The van der Waals surface area contributed by atoms with Crippen molar-refractivity contribution >= 4 is 18.1 Å². The first kappa shape index (κ1) is 36.8. The maximum Gasteiger partial charge on any atom is 0.411 e. The van der Waals surface area contributed by atoms with Crippen molar-refractivity contribution in [3.05, 3.63) is 72.6 Å². The fourth-order valence-electron chi connectivity index (χ4n) is 8.66. The van der Waals surface area contributed by atoms with Gasteiger partial charge in [-0.3, -0.25) is 9.69 Å². The maximum atomic E-state index is 14.2. The Labute approximate surface area is 321 Å². The highest BCUT2D eigenvalue weighted by atomic mass is 16.6. The number of H-pyrrole nitrogens is 2. The molecule has 290 valence electrons. The number of imidazole rings is 2. The van der Waals surface area contributed by atoms with E-state index in [9.17, 15) is 14.4 Å². The molecular formula is C42H51N7O6. The molecule has 5 heterocycles. The SMILES string of the molecule is COC(=O)N[C@H](C(=O)N1[C@@H]2C[C@@H]2C[C@H]1c1ncc(-c2ccc(-c3ccc(-c4cnc([C@@H]5CC[C@@H](C)N5C(=O)OC(C)(C)C)[nH]4)cc3)cc2)[nH]1)C1CCOCC1. The predicted octanol–water partition coefficient (Wildman–Crippen LogP) is 7.41. The lowest BCUT2D eigenvalue weighted by Crippen LogP contribution is -2.54. The number of methoxy groups -OCH3 is 1. The van der Waals surface area contributed by atoms with Gasteiger partial charge in [-0.2, -0.15) is 0 Å². The summed E-state index contributed by atoms with van der Waals surface area (Å²) in [5, 5.41) is 2.85. The van der Waals surface area contributed by atoms with Crippen molar-refractivity contribution in [2.45, 2.75) is 102 Å². The average Bonchev–Trinajstić information content (AvgIpc) is 3.66. The summed E-state index contributed by atoms with van der Waals surface area (Å²) in [4.78, 5) is 59.7. The molecule has 3 aliphatic heterocycles. The van der Waals surface area contributed by atoms with Gasteiger partial charge in [0.25, 0.3) is 0 Å². The number of hydrogen-bond donors (Lipinski definition) is 3. The first-order valence-electron chi connectivity index (χ1n) is 19.5. The van der Waals surface area contributed by atoms with E-state index in [1.54, 1.807) is 0 Å². The van der Waals surface area contributed by atoms with E-state index in [2.05, 4.69) is 75.7 Å². The van der Waals surface area contributed by atoms with Crippen LogP contribution in [0.5, 0.6) is 0 Å². The molecule has 0 radical (unpaired) electrons. The van der Waals surface area contributed by atoms with Crippen LogP contribution in [0.2, 0.25) is 0 Å². The Morgan fingerprint density at radius 3 is 1.93 bits per heavy atom. The van der Waals surface area contributed by atoms with Gasteiger partial charge in [0.1, 0.15) is 23.3 Å². The van der Waals surface area contributed by atoms with Gasteiger partial charge in [0.15, 0.2) is 0 Å². The number of rotatable bonds is 8. The van der Waals surface area contributed by atoms with Crippen LogP contribution in [0.25, 0.3) is 33.6 Å². The molecule has 3 N–H and O–H groups in total. The number of likely N-dealkylation sites (tertiary alicyclic amines) is 2. The smallest absolute Gasteiger partial charge is 0.411 e. The Morgan fingerprint density at radius 1 is 0.800 bits per heavy atom. The van der Waals surface area contributed by atoms with Crippen molar-refractivity contribution in [2.24, 2.45) is 11.8 Å². The second-order valence-corrected chi connectivity index (χ2v) is 16.5. The third kappa shape index (κ3) is 7.58. The highest BCUT2D eigenvalue weighted by Crippen LogP contribution is 2.53. The van der Waals surface area contributed by atoms with Gasteiger partial charge in [0, 0.05) is 25.3 Å². The summed E-state index contributed by atoms with van der Waals surface area (Å²) in [6.45, 7) is 8.85. The highest BCUT2D eigenvalue weighted by Gasteiger charge is 2.56. The first-order valence-corrected chi connectivity index (χ1v) is 19.5. The minimum Gasteiger partial charge on any atom is -0.453 e. The van der Waals surface area contributed by atoms with Crippen LogP contribution >= 0.6 is 0 Å². The van der Waals surface area contributed by atoms with Crippen LogP contribution in [0.4, 0.5) is 9.59 Å². The van der Waals surface area contributed by atoms with E-state index >= 15 is 0 Å². The van der Waals surface area contributed by atoms with Gasteiger partial charge in [0.05, 0.1) is 43.0 Å². The number of fused-ring (bicyclic) bond motifs is 1. The van der Waals surface area contributed by atoms with Crippen molar-refractivity contribution in [2.75, 3.05) is 20.3 Å². The van der Waals surface area contributed by atoms with Gasteiger partial charge >= 0.3 is 12.2 Å². The third-order valence-corrected chi connectivity index (χ3v) is 11.6. The van der Waals surface area contributed by atoms with Crippen LogP contribution in [0.1, 0.15) is 90.0 Å². The zero-order valence-electron chi connectivity index (χ0n) is 32.2. The lowest BCUT2D eigenvalue weighted by atomic mass is 9.90. The van der Waals surface area contributed by atoms with Crippen LogP contribution in [-0.4, -0.2) is 91.9 Å². The molecule has 6 atom stereocenters. The molecule has 3 saturated heterocycles. The van der Waals surface area contributed by atoms with Gasteiger partial charge in [-0.1, -0.05) is 48.5 Å². The number of carbonyl (C=O) groups excluding carboxylic acids is 3. The van der Waals surface area contributed by atoms with Crippen LogP contribution in [0.15, 0.2) is 60.9 Å². The summed E-state index contributed by atoms with van der Waals surface area (Å²) < 4.78 is 16.1. The maximum absolute atomic E-state index is 14.2. The molecule has 4 aromatic rings. The monoisotopic (exact) mass is 749 g/mol. The van der Waals surface area contributed by atoms with E-state index < -0.39 is 17.7 Å². The van der Waals surface area contributed by atoms with Crippen LogP contribution in [-0.2, 0) is 19.0 Å². The molecule has 4 fully saturated rings. The summed E-state index contributed by atoms with van der Waals surface area (Å²) in [6, 6.07) is 16.0. The zero-order valence-corrected chi connectivity index (χ0v) is 32.2. The third-order valence-electron chi connectivity index (χ3n) is 11.6. The molecule has 8 rings (SSSR count). The van der Waals surface area contributed by atoms with Gasteiger partial charge in [-0.05, 0) is 100 Å². The van der Waals surface area contributed by atoms with Crippen molar-refractivity contribution in [3.63, 3.8) is 0 Å². The lowest BCUT2D eigenvalue weighted by Gasteiger charge is -2.35. The number of alkyl carbamates (subject to hydrolysis) is 1. The van der Waals surface area contributed by atoms with Gasteiger partial charge in [-0.15, -0.1) is 0 Å². The Bertz CT molecular complexity index is 2010. The molecule has 1 aliphatic carbocycles. The molecule has 0 bridgehead atoms. The number of aromatic nitrogens is 4. The van der Waals surface area contributed by atoms with Gasteiger partial charge < -0.3 is 34.4 Å². The number of hydrogen-bond acceptors (Lipinski definition) is 8. The quantitative estimate of drug-likeness (QED) is 0.168. The molecule has 13 heteroatoms. The normalized spacial score (nSPS) is 24.3. The number of nitrogens with one attached hydrogen (secondary N) is 3. The predicted molar refractivity (Wildman–Crippen MR) is 206 cm³/mol. The van der Waals surface area contributed by atoms with Crippen LogP contribution < -0.4 is 5.32 Å². The molecule has 1 saturated carbocycles. The number of amides is 3. The number of piperidine rings is 1.